The number of ether oxygens (including phenoxy) is 2. The Bertz CT molecular complexity index is 3700. The lowest BCUT2D eigenvalue weighted by Crippen LogP contribution is -2.78. The molecule has 4 aromatic heterocycles. The van der Waals surface area contributed by atoms with E-state index >= 15 is 0 Å². The fourth-order valence-electron chi connectivity index (χ4n) is 10.4. The molecule has 0 unspecified atom stereocenters. The summed E-state index contributed by atoms with van der Waals surface area (Å²) >= 11 is 1.80. The van der Waals surface area contributed by atoms with Gasteiger partial charge in [-0.3, -0.25) is 19.2 Å². The third kappa shape index (κ3) is 13.2. The third-order valence-electron chi connectivity index (χ3n) is 15.6. The molecule has 4 saturated heterocycles. The molecule has 12 N–H and O–H groups in total. The van der Waals surface area contributed by atoms with Crippen molar-refractivity contribution in [1.82, 2.24) is 50.7 Å². The average Bonchev–Trinajstić information content (AvgIpc) is 1.80. The molecule has 0 spiro atoms. The van der Waals surface area contributed by atoms with Crippen LogP contribution in [-0.4, -0.2) is 192 Å². The monoisotopic (exact) mass is 1300 g/mol. The highest BCUT2D eigenvalue weighted by atomic mass is 32.3. The molecular weight excluding hydrogens is 1230 g/mol. The van der Waals surface area contributed by atoms with Gasteiger partial charge in [0.15, 0.2) is 34.8 Å². The molecule has 34 nitrogen and oxygen atoms in total. The number of amides is 4. The van der Waals surface area contributed by atoms with Crippen LogP contribution in [0.5, 0.6) is 11.5 Å². The van der Waals surface area contributed by atoms with Crippen LogP contribution in [0.4, 0.5) is 10.3 Å². The van der Waals surface area contributed by atoms with Crippen LogP contribution in [0.2, 0.25) is 0 Å². The second-order valence-electron chi connectivity index (χ2n) is 22.4. The fraction of sp³-hybridized carbons (Fsp3) is 0.462. The number of carbonyl (C=O) groups excluding carboxylic acids is 4. The summed E-state index contributed by atoms with van der Waals surface area (Å²) in [7, 11) is -1.64. The van der Waals surface area contributed by atoms with Crippen LogP contribution in [-0.2, 0) is 84.6 Å². The van der Waals surface area contributed by atoms with Gasteiger partial charge in [-0.05, 0) is 64.1 Å². The minimum absolute atomic E-state index is 0.000651. The highest BCUT2D eigenvalue weighted by Gasteiger charge is 2.61. The number of β-lactam (4-membered cyclic amide) rings is 2. The van der Waals surface area contributed by atoms with E-state index in [-0.39, 0.29) is 45.0 Å². The molecule has 0 aliphatic carbocycles. The summed E-state index contributed by atoms with van der Waals surface area (Å²) in [5.74, 6) is -7.02. The first-order valence-electron chi connectivity index (χ1n) is 27.4. The number of aliphatic hydroxyl groups excluding tert-OH is 2. The Hall–Kier alpha value is -8.69. The van der Waals surface area contributed by atoms with Crippen molar-refractivity contribution >= 4 is 112 Å². The summed E-state index contributed by atoms with van der Waals surface area (Å²) in [4.78, 5) is 98.7. The number of aromatic nitrogens is 6. The molecule has 476 valence electrons. The van der Waals surface area contributed by atoms with Gasteiger partial charge < -0.3 is 72.3 Å². The number of fused-ring (bicyclic) bond motifs is 2. The summed E-state index contributed by atoms with van der Waals surface area (Å²) < 4.78 is 56.3. The number of aliphatic hydroxyl groups is 2. The normalized spacial score (nSPS) is 22.4. The van der Waals surface area contributed by atoms with Gasteiger partial charge in [-0.1, -0.05) is 10.3 Å². The molecule has 4 fully saturated rings. The zero-order chi connectivity index (χ0) is 64.0. The van der Waals surface area contributed by atoms with E-state index in [2.05, 4.69) is 41.5 Å². The maximum atomic E-state index is 13.9. The predicted octanol–water partition coefficient (Wildman–Crippen LogP) is -2.99. The van der Waals surface area contributed by atoms with Crippen LogP contribution < -0.4 is 51.6 Å². The number of thiazole rings is 2. The van der Waals surface area contributed by atoms with Crippen LogP contribution in [0, 0.1) is 11.8 Å². The Morgan fingerprint density at radius 1 is 0.697 bits per heavy atom. The average molecular weight is 1300 g/mol. The van der Waals surface area contributed by atoms with Gasteiger partial charge in [-0.15, -0.1) is 40.6 Å². The van der Waals surface area contributed by atoms with Crippen molar-refractivity contribution in [3.8, 4) is 11.5 Å². The number of aliphatic carboxylic acids is 2. The topological polar surface area (TPSA) is 448 Å². The molecule has 2 aromatic carbocycles. The largest absolute Gasteiger partial charge is 0.489 e. The number of β-amino-alcohol motifs (C(OH)–C–C–N with tert-alkyl or cyclic N) is 2. The van der Waals surface area contributed by atoms with Gasteiger partial charge in [-0.25, -0.2) is 19.6 Å². The van der Waals surface area contributed by atoms with Crippen LogP contribution in [0.3, 0.4) is 0 Å². The van der Waals surface area contributed by atoms with Crippen LogP contribution >= 0.6 is 22.7 Å². The number of hydrogen-bond donors (Lipinski definition) is 10. The van der Waals surface area contributed by atoms with E-state index in [1.165, 1.54) is 38.5 Å². The number of carbonyl (C=O) groups is 6. The van der Waals surface area contributed by atoms with Crippen LogP contribution in [0.15, 0.2) is 69.9 Å². The fourth-order valence-corrected chi connectivity index (χ4v) is 12.4. The Kier molecular flexibility index (Phi) is 17.8. The van der Waals surface area contributed by atoms with Gasteiger partial charge in [0, 0.05) is 36.9 Å². The highest BCUT2D eigenvalue weighted by molar-refractivity contribution is 7.81. The molecule has 10 rings (SSSR count). The molecule has 8 atom stereocenters. The van der Waals surface area contributed by atoms with E-state index in [4.69, 9.17) is 39.2 Å². The van der Waals surface area contributed by atoms with E-state index in [1.807, 2.05) is 45.2 Å². The summed E-state index contributed by atoms with van der Waals surface area (Å²) in [6.07, 6.45) is -0.837. The van der Waals surface area contributed by atoms with Crippen molar-refractivity contribution < 1.29 is 94.7 Å². The van der Waals surface area contributed by atoms with Crippen molar-refractivity contribution in [3.05, 3.63) is 70.9 Å². The van der Waals surface area contributed by atoms with E-state index in [1.54, 1.807) is 36.4 Å². The molecule has 37 heteroatoms. The van der Waals surface area contributed by atoms with Gasteiger partial charge in [-0.2, -0.15) is 27.9 Å². The summed E-state index contributed by atoms with van der Waals surface area (Å²) in [6, 6.07) is 7.12. The van der Waals surface area contributed by atoms with Crippen molar-refractivity contribution in [1.29, 1.82) is 0 Å². The number of carboxylic acids is 2. The van der Waals surface area contributed by atoms with E-state index in [0.717, 1.165) is 44.5 Å². The molecule has 89 heavy (non-hydrogen) atoms. The van der Waals surface area contributed by atoms with E-state index in [9.17, 15) is 57.6 Å². The van der Waals surface area contributed by atoms with Crippen LogP contribution in [0.1, 0.15) is 39.1 Å². The lowest BCUT2D eigenvalue weighted by molar-refractivity contribution is -0.776. The predicted molar refractivity (Wildman–Crippen MR) is 310 cm³/mol. The Balaban J connectivity index is 0.744. The molecular formula is C52H64N16O18S3+2. The zero-order valence-electron chi connectivity index (χ0n) is 48.4. The molecule has 4 amide bonds. The quantitative estimate of drug-likeness (QED) is 0.0112. The molecule has 0 saturated carbocycles. The lowest BCUT2D eigenvalue weighted by atomic mass is 9.84. The molecule has 8 heterocycles. The Morgan fingerprint density at radius 3 is 1.42 bits per heavy atom. The number of nitrogen functional groups attached to an aromatic ring is 2. The van der Waals surface area contributed by atoms with Crippen molar-refractivity contribution in [2.75, 3.05) is 50.9 Å². The van der Waals surface area contributed by atoms with Crippen LogP contribution in [0.25, 0.3) is 21.8 Å². The van der Waals surface area contributed by atoms with Gasteiger partial charge in [0.25, 0.3) is 35.8 Å². The smallest absolute Gasteiger partial charge is 0.442 e. The second-order valence-corrected chi connectivity index (χ2v) is 25.3. The number of hydroxylamine groups is 4. The first-order valence-corrected chi connectivity index (χ1v) is 30.5. The number of nitrogens with one attached hydrogen (secondary N) is 4. The second kappa shape index (κ2) is 25.1. The third-order valence-corrected chi connectivity index (χ3v) is 17.6. The number of hydrogen-bond acceptors (Lipinski definition) is 26. The van der Waals surface area contributed by atoms with Gasteiger partial charge in [0.1, 0.15) is 59.2 Å². The number of aryl methyl sites for hydroxylation is 2. The Morgan fingerprint density at radius 2 is 1.09 bits per heavy atom. The van der Waals surface area contributed by atoms with Gasteiger partial charge in [0.2, 0.25) is 12.4 Å². The summed E-state index contributed by atoms with van der Waals surface area (Å²) in [5.41, 5.74) is 8.39. The number of carboxylic acid groups (broad SMARTS) is 2. The number of benzene rings is 2. The highest BCUT2D eigenvalue weighted by Crippen LogP contribution is 2.37. The number of rotatable bonds is 26. The minimum atomic E-state index is -5.37. The Labute approximate surface area is 513 Å². The molecule has 4 aliphatic rings. The number of oxime groups is 2. The summed E-state index contributed by atoms with van der Waals surface area (Å²) in [6.45, 7) is 7.45. The number of nitrogens with zero attached hydrogens (tertiary/aromatic N) is 10. The SMILES string of the molecule is Cn1c2ccc(OC[C@H](O/N=C(\C(=O)N[C@@H]3C(=O)N(OS(=O)(=O)ON4C(=O)[C@@H](NC(=O)/C(=N\O[C@@H](COc5ccc6c(c5)c[n+](C[C@H]5CNC[C@H]5O)n6C)C(=O)O)c5csc(N)n5)C4(C)C)C3(C)C)c3csc(N)n3)C(=O)O)cc2c[n+]1C[C@H]1CNC[C@H]1O. The zero-order valence-corrected chi connectivity index (χ0v) is 50.9. The van der Waals surface area contributed by atoms with Gasteiger partial charge in [0.05, 0.1) is 60.0 Å². The first-order chi connectivity index (χ1) is 42.1. The number of nitrogens with two attached hydrogens (primary N) is 2. The molecule has 4 aliphatic heterocycles. The van der Waals surface area contributed by atoms with E-state index in [0.29, 0.717) is 49.4 Å². The minimum Gasteiger partial charge on any atom is -0.489 e. The molecule has 0 bridgehead atoms. The standard InChI is InChI=1S/C52H62N16O18S3/c1-51(2)41(59-43(71)39(31-23-87-49(53)57-31)61-83-37(47(75)76)21-81-29-7-9-33-25(11-29)17-65(63(33)5)19-27-13-55-15-35(27)69)45(73)67(51)85-89(79,80)86-68-46(74)42(52(68,3)4)60-44(72)40(32-24-88-50(54)58-32)62-84-38(48(77)78)22-82-30-8-10-34-26(12-30)18-66(64(34)6)20-28-14-56-16-36(28)70/h7-12,17-18,23-24,27-28,35-38,41-42,55-56,69-70H,13-16,19-22H2,1-6H3,(H6-2,53,54,57,58,59,60,71,72,75,76,77,78)/p+2/b61-39-,62-40-/t27-,28-,35-,36-,37+,38+,41-,42-/m1/s1. The van der Waals surface area contributed by atoms with Crippen molar-refractivity contribution in [3.63, 3.8) is 0 Å². The van der Waals surface area contributed by atoms with Crippen molar-refractivity contribution in [2.24, 2.45) is 36.2 Å². The molecule has 0 radical (unpaired) electrons. The van der Waals surface area contributed by atoms with E-state index < -0.39 is 118 Å². The first kappa shape index (κ1) is 63.3. The maximum absolute atomic E-state index is 13.9. The summed E-state index contributed by atoms with van der Waals surface area (Å²) in [5, 5.41) is 64.4. The number of anilines is 2. The maximum Gasteiger partial charge on any atom is 0.442 e. The van der Waals surface area contributed by atoms with Crippen molar-refractivity contribution in [2.45, 2.75) is 88.4 Å². The molecule has 6 aromatic rings. The lowest BCUT2D eigenvalue weighted by Gasteiger charge is -2.52. The van der Waals surface area contributed by atoms with Gasteiger partial charge >= 0.3 is 22.3 Å².